The van der Waals surface area contributed by atoms with Gasteiger partial charge in [0.2, 0.25) is 0 Å². The van der Waals surface area contributed by atoms with E-state index in [9.17, 15) is 4.91 Å². The fourth-order valence-electron chi connectivity index (χ4n) is 0.767. The lowest BCUT2D eigenvalue weighted by Crippen LogP contribution is -2.29. The first-order chi connectivity index (χ1) is 4.25. The molecule has 1 rings (SSSR count). The Kier molecular flexibility index (Phi) is 1.46. The molecule has 0 saturated carbocycles. The Morgan fingerprint density at radius 3 is 2.78 bits per heavy atom. The monoisotopic (exact) mass is 127 g/mol. The predicted octanol–water partition coefficient (Wildman–Crippen LogP) is 0.443. The van der Waals surface area contributed by atoms with Gasteiger partial charge in [-0.05, 0) is 12.1 Å². The van der Waals surface area contributed by atoms with Crippen LogP contribution in [0.15, 0.2) is 10.2 Å². The van der Waals surface area contributed by atoms with Gasteiger partial charge in [0, 0.05) is 7.05 Å². The number of nitrogens with zero attached hydrogens (tertiary/aromatic N) is 3. The molecule has 0 bridgehead atoms. The highest BCUT2D eigenvalue weighted by molar-refractivity contribution is 5.81. The second-order valence-corrected chi connectivity index (χ2v) is 2.08. The first-order valence-corrected chi connectivity index (χ1v) is 2.82. The smallest absolute Gasteiger partial charge is 0.183 e. The Bertz CT molecular complexity index is 154. The molecule has 1 heterocycles. The molecule has 1 aliphatic heterocycles. The Balaban J connectivity index is 2.61. The standard InChI is InChI=1S/C5H9N3O/c1-4-6-3-5(7-9)8(4)2/h5H,3H2,1-2H3. The van der Waals surface area contributed by atoms with Gasteiger partial charge in [-0.2, -0.15) is 0 Å². The average molecular weight is 127 g/mol. The molecule has 1 aliphatic rings. The third kappa shape index (κ3) is 0.918. The van der Waals surface area contributed by atoms with Crippen molar-refractivity contribution in [2.24, 2.45) is 10.2 Å². The zero-order chi connectivity index (χ0) is 6.85. The van der Waals surface area contributed by atoms with Gasteiger partial charge in [0.05, 0.1) is 12.4 Å². The van der Waals surface area contributed by atoms with Crippen molar-refractivity contribution >= 4 is 5.84 Å². The highest BCUT2D eigenvalue weighted by Gasteiger charge is 2.20. The number of aliphatic imine (C=N–C) groups is 1. The summed E-state index contributed by atoms with van der Waals surface area (Å²) in [5, 5.41) is 2.88. The maximum atomic E-state index is 10.00. The molecular weight excluding hydrogens is 118 g/mol. The molecule has 1 unspecified atom stereocenters. The fraction of sp³-hybridized carbons (Fsp3) is 0.800. The molecule has 0 aliphatic carbocycles. The van der Waals surface area contributed by atoms with Crippen molar-refractivity contribution in [3.63, 3.8) is 0 Å². The summed E-state index contributed by atoms with van der Waals surface area (Å²) in [6.07, 6.45) is -0.259. The summed E-state index contributed by atoms with van der Waals surface area (Å²) in [5.41, 5.74) is 0. The van der Waals surface area contributed by atoms with Gasteiger partial charge < -0.3 is 4.90 Å². The molecule has 0 amide bonds. The minimum atomic E-state index is -0.259. The maximum Gasteiger partial charge on any atom is 0.183 e. The van der Waals surface area contributed by atoms with E-state index in [2.05, 4.69) is 10.2 Å². The Labute approximate surface area is 53.5 Å². The summed E-state index contributed by atoms with van der Waals surface area (Å²) in [6.45, 7) is 2.39. The SMILES string of the molecule is CC1=NCC(N=O)N1C. The number of likely N-dealkylation sites (N-methyl/N-ethyl adjacent to an activating group) is 1. The second kappa shape index (κ2) is 2.13. The van der Waals surface area contributed by atoms with Crippen LogP contribution in [0.5, 0.6) is 0 Å². The van der Waals surface area contributed by atoms with E-state index in [1.54, 1.807) is 4.90 Å². The molecule has 0 aromatic carbocycles. The van der Waals surface area contributed by atoms with Gasteiger partial charge in [0.1, 0.15) is 0 Å². The van der Waals surface area contributed by atoms with E-state index in [-0.39, 0.29) is 6.17 Å². The zero-order valence-electron chi connectivity index (χ0n) is 5.53. The number of hydrogen-bond donors (Lipinski definition) is 0. The summed E-state index contributed by atoms with van der Waals surface area (Å²) in [4.78, 5) is 15.8. The quantitative estimate of drug-likeness (QED) is 0.480. The van der Waals surface area contributed by atoms with Gasteiger partial charge in [0.25, 0.3) is 0 Å². The van der Waals surface area contributed by atoms with E-state index in [0.29, 0.717) is 6.54 Å². The average Bonchev–Trinajstić information content (AvgIpc) is 2.15. The molecular formula is C5H9N3O. The number of nitroso groups, excluding NO2 is 1. The highest BCUT2D eigenvalue weighted by Crippen LogP contribution is 2.07. The van der Waals surface area contributed by atoms with Crippen molar-refractivity contribution in [3.05, 3.63) is 4.91 Å². The normalized spacial score (nSPS) is 26.2. The van der Waals surface area contributed by atoms with Gasteiger partial charge >= 0.3 is 0 Å². The lowest BCUT2D eigenvalue weighted by atomic mass is 10.5. The van der Waals surface area contributed by atoms with Crippen molar-refractivity contribution in [2.75, 3.05) is 13.6 Å². The van der Waals surface area contributed by atoms with Crippen LogP contribution in [0.3, 0.4) is 0 Å². The Morgan fingerprint density at radius 1 is 1.89 bits per heavy atom. The molecule has 0 N–H and O–H groups in total. The minimum Gasteiger partial charge on any atom is -0.337 e. The molecule has 4 heteroatoms. The van der Waals surface area contributed by atoms with Crippen molar-refractivity contribution in [2.45, 2.75) is 13.1 Å². The third-order valence-electron chi connectivity index (χ3n) is 1.56. The van der Waals surface area contributed by atoms with Crippen LogP contribution >= 0.6 is 0 Å². The molecule has 0 fully saturated rings. The minimum absolute atomic E-state index is 0.259. The van der Waals surface area contributed by atoms with Crippen molar-refractivity contribution in [1.29, 1.82) is 0 Å². The predicted molar refractivity (Wildman–Crippen MR) is 35.3 cm³/mol. The largest absolute Gasteiger partial charge is 0.337 e. The summed E-state index contributed by atoms with van der Waals surface area (Å²) in [6, 6.07) is 0. The van der Waals surface area contributed by atoms with E-state index in [0.717, 1.165) is 5.84 Å². The van der Waals surface area contributed by atoms with E-state index >= 15 is 0 Å². The third-order valence-corrected chi connectivity index (χ3v) is 1.56. The van der Waals surface area contributed by atoms with Crippen molar-refractivity contribution in [3.8, 4) is 0 Å². The van der Waals surface area contributed by atoms with Crippen LogP contribution in [0.4, 0.5) is 0 Å². The van der Waals surface area contributed by atoms with E-state index in [1.807, 2.05) is 14.0 Å². The first kappa shape index (κ1) is 6.19. The number of amidine groups is 1. The highest BCUT2D eigenvalue weighted by atomic mass is 16.3. The van der Waals surface area contributed by atoms with Crippen LogP contribution in [-0.4, -0.2) is 30.5 Å². The van der Waals surface area contributed by atoms with Gasteiger partial charge in [-0.3, -0.25) is 4.99 Å². The molecule has 0 spiro atoms. The lowest BCUT2D eigenvalue weighted by Gasteiger charge is -2.13. The number of rotatable bonds is 1. The van der Waals surface area contributed by atoms with Crippen LogP contribution in [0.2, 0.25) is 0 Å². The van der Waals surface area contributed by atoms with Gasteiger partial charge in [-0.25, -0.2) is 0 Å². The molecule has 0 aromatic heterocycles. The molecule has 1 atom stereocenters. The second-order valence-electron chi connectivity index (χ2n) is 2.08. The van der Waals surface area contributed by atoms with E-state index < -0.39 is 0 Å². The maximum absolute atomic E-state index is 10.00. The van der Waals surface area contributed by atoms with Crippen LogP contribution in [-0.2, 0) is 0 Å². The van der Waals surface area contributed by atoms with Crippen molar-refractivity contribution < 1.29 is 0 Å². The number of hydrogen-bond acceptors (Lipinski definition) is 4. The fourth-order valence-corrected chi connectivity index (χ4v) is 0.767. The topological polar surface area (TPSA) is 45.0 Å². The summed E-state index contributed by atoms with van der Waals surface area (Å²) in [7, 11) is 1.82. The molecule has 4 nitrogen and oxygen atoms in total. The van der Waals surface area contributed by atoms with Crippen molar-refractivity contribution in [1.82, 2.24) is 4.90 Å². The van der Waals surface area contributed by atoms with Gasteiger partial charge in [0.15, 0.2) is 6.17 Å². The summed E-state index contributed by atoms with van der Waals surface area (Å²) < 4.78 is 0. The van der Waals surface area contributed by atoms with Gasteiger partial charge in [-0.15, -0.1) is 4.91 Å². The molecule has 9 heavy (non-hydrogen) atoms. The van der Waals surface area contributed by atoms with Crippen LogP contribution in [0.1, 0.15) is 6.92 Å². The van der Waals surface area contributed by atoms with Gasteiger partial charge in [-0.1, -0.05) is 0 Å². The van der Waals surface area contributed by atoms with Crippen LogP contribution in [0.25, 0.3) is 0 Å². The Hall–Kier alpha value is -0.930. The Morgan fingerprint density at radius 2 is 2.56 bits per heavy atom. The lowest BCUT2D eigenvalue weighted by molar-refractivity contribution is 0.413. The summed E-state index contributed by atoms with van der Waals surface area (Å²) in [5.74, 6) is 0.889. The van der Waals surface area contributed by atoms with Crippen LogP contribution in [0, 0.1) is 4.91 Å². The van der Waals surface area contributed by atoms with Crippen LogP contribution < -0.4 is 0 Å². The first-order valence-electron chi connectivity index (χ1n) is 2.82. The zero-order valence-corrected chi connectivity index (χ0v) is 5.53. The molecule has 0 radical (unpaired) electrons. The molecule has 50 valence electrons. The van der Waals surface area contributed by atoms with E-state index in [4.69, 9.17) is 0 Å². The summed E-state index contributed by atoms with van der Waals surface area (Å²) >= 11 is 0. The van der Waals surface area contributed by atoms with E-state index in [1.165, 1.54) is 0 Å². The molecule has 0 aromatic rings. The molecule has 0 saturated heterocycles.